The molecule has 1 saturated heterocycles. The van der Waals surface area contributed by atoms with Gasteiger partial charge >= 0.3 is 5.97 Å². The maximum atomic E-state index is 12.5. The number of hydrogen-bond donors (Lipinski definition) is 0. The van der Waals surface area contributed by atoms with E-state index in [2.05, 4.69) is 4.90 Å². The molecule has 7 heteroatoms. The molecule has 0 saturated carbocycles. The highest BCUT2D eigenvalue weighted by atomic mass is 35.5. The zero-order valence-corrected chi connectivity index (χ0v) is 16.7. The fourth-order valence-electron chi connectivity index (χ4n) is 2.84. The molecular weight excluding hydrogens is 386 g/mol. The van der Waals surface area contributed by atoms with Gasteiger partial charge in [-0.25, -0.2) is 4.79 Å². The molecule has 5 nitrogen and oxygen atoms in total. The number of benzene rings is 2. The summed E-state index contributed by atoms with van der Waals surface area (Å²) in [4.78, 5) is 15.3. The molecule has 0 spiro atoms. The number of morpholine rings is 1. The van der Waals surface area contributed by atoms with Crippen molar-refractivity contribution in [2.45, 2.75) is 6.92 Å². The van der Waals surface area contributed by atoms with Crippen LogP contribution >= 0.6 is 23.8 Å². The van der Waals surface area contributed by atoms with Crippen molar-refractivity contribution in [3.05, 3.63) is 58.1 Å². The largest absolute Gasteiger partial charge is 0.493 e. The van der Waals surface area contributed by atoms with Gasteiger partial charge in [-0.2, -0.15) is 0 Å². The van der Waals surface area contributed by atoms with Gasteiger partial charge in [0.15, 0.2) is 11.5 Å². The summed E-state index contributed by atoms with van der Waals surface area (Å²) in [7, 11) is 1.50. The Labute approximate surface area is 168 Å². The van der Waals surface area contributed by atoms with Crippen molar-refractivity contribution in [2.24, 2.45) is 0 Å². The van der Waals surface area contributed by atoms with Crippen LogP contribution in [0.1, 0.15) is 21.5 Å². The van der Waals surface area contributed by atoms with Crippen molar-refractivity contribution in [3.63, 3.8) is 0 Å². The van der Waals surface area contributed by atoms with Gasteiger partial charge in [0.1, 0.15) is 4.99 Å². The molecule has 142 valence electrons. The van der Waals surface area contributed by atoms with Crippen molar-refractivity contribution in [1.82, 2.24) is 4.90 Å². The van der Waals surface area contributed by atoms with Crippen molar-refractivity contribution in [3.8, 4) is 11.5 Å². The molecular formula is C20H20ClNO4S. The number of carbonyl (C=O) groups excluding carboxylic acids is 1. The number of thiocarbonyl (C=S) groups is 1. The lowest BCUT2D eigenvalue weighted by Crippen LogP contribution is -2.40. The molecule has 2 aromatic rings. The van der Waals surface area contributed by atoms with Gasteiger partial charge in [0, 0.05) is 18.7 Å². The number of methoxy groups -OCH3 is 1. The second kappa shape index (κ2) is 8.69. The molecule has 0 aliphatic carbocycles. The van der Waals surface area contributed by atoms with Crippen molar-refractivity contribution in [1.29, 1.82) is 0 Å². The zero-order valence-electron chi connectivity index (χ0n) is 15.2. The topological polar surface area (TPSA) is 48.0 Å². The third-order valence-electron chi connectivity index (χ3n) is 4.33. The molecule has 0 amide bonds. The van der Waals surface area contributed by atoms with Crippen molar-refractivity contribution < 1.29 is 19.0 Å². The number of nitrogens with zero attached hydrogens (tertiary/aromatic N) is 1. The number of hydrogen-bond acceptors (Lipinski definition) is 5. The monoisotopic (exact) mass is 405 g/mol. The van der Waals surface area contributed by atoms with Crippen LogP contribution in [-0.4, -0.2) is 49.3 Å². The second-order valence-corrected chi connectivity index (χ2v) is 6.89. The first-order valence-corrected chi connectivity index (χ1v) is 9.32. The maximum Gasteiger partial charge on any atom is 0.343 e. The molecule has 3 rings (SSSR count). The first-order chi connectivity index (χ1) is 13.0. The normalized spacial score (nSPS) is 14.0. The first kappa shape index (κ1) is 19.6. The highest BCUT2D eigenvalue weighted by molar-refractivity contribution is 7.80. The Morgan fingerprint density at radius 3 is 2.59 bits per heavy atom. The van der Waals surface area contributed by atoms with Gasteiger partial charge < -0.3 is 19.1 Å². The van der Waals surface area contributed by atoms with Gasteiger partial charge in [0.25, 0.3) is 0 Å². The van der Waals surface area contributed by atoms with Crippen LogP contribution in [0, 0.1) is 6.92 Å². The van der Waals surface area contributed by atoms with Gasteiger partial charge in [-0.15, -0.1) is 0 Å². The van der Waals surface area contributed by atoms with E-state index in [1.807, 2.05) is 19.1 Å². The van der Waals surface area contributed by atoms with Crippen LogP contribution < -0.4 is 9.47 Å². The van der Waals surface area contributed by atoms with Crippen LogP contribution in [0.5, 0.6) is 11.5 Å². The summed E-state index contributed by atoms with van der Waals surface area (Å²) in [6.45, 7) is 4.57. The molecule has 0 radical (unpaired) electrons. The standard InChI is InChI=1S/C20H20ClNO4S/c1-13-5-3-4-6-15(13)20(23)26-18-16(21)11-14(12-17(18)24-2)19(27)22-7-9-25-10-8-22/h3-6,11-12H,7-10H2,1-2H3. The molecule has 0 unspecified atom stereocenters. The Balaban J connectivity index is 1.87. The lowest BCUT2D eigenvalue weighted by atomic mass is 10.1. The van der Waals surface area contributed by atoms with Gasteiger partial charge in [-0.3, -0.25) is 0 Å². The molecule has 0 atom stereocenters. The van der Waals surface area contributed by atoms with E-state index in [-0.39, 0.29) is 10.8 Å². The summed E-state index contributed by atoms with van der Waals surface area (Å²) in [6, 6.07) is 10.6. The minimum Gasteiger partial charge on any atom is -0.493 e. The van der Waals surface area contributed by atoms with Crippen LogP contribution in [0.2, 0.25) is 5.02 Å². The Morgan fingerprint density at radius 1 is 1.22 bits per heavy atom. The lowest BCUT2D eigenvalue weighted by molar-refractivity contribution is 0.0692. The average molecular weight is 406 g/mol. The SMILES string of the molecule is COc1cc(C(=S)N2CCOCC2)cc(Cl)c1OC(=O)c1ccccc1C. The minimum atomic E-state index is -0.489. The molecule has 1 aliphatic rings. The third kappa shape index (κ3) is 4.40. The molecule has 1 aliphatic heterocycles. The summed E-state index contributed by atoms with van der Waals surface area (Å²) < 4.78 is 16.3. The predicted molar refractivity (Wildman–Crippen MR) is 108 cm³/mol. The van der Waals surface area contributed by atoms with E-state index in [1.54, 1.807) is 24.3 Å². The minimum absolute atomic E-state index is 0.181. The highest BCUT2D eigenvalue weighted by Gasteiger charge is 2.21. The highest BCUT2D eigenvalue weighted by Crippen LogP contribution is 2.37. The van der Waals surface area contributed by atoms with Crippen LogP contribution in [0.25, 0.3) is 0 Å². The van der Waals surface area contributed by atoms with E-state index in [1.165, 1.54) is 7.11 Å². The predicted octanol–water partition coefficient (Wildman–Crippen LogP) is 3.88. The number of rotatable bonds is 4. The lowest BCUT2D eigenvalue weighted by Gasteiger charge is -2.29. The van der Waals surface area contributed by atoms with E-state index in [0.29, 0.717) is 29.5 Å². The van der Waals surface area contributed by atoms with Gasteiger partial charge in [0.05, 0.1) is 30.9 Å². The summed E-state index contributed by atoms with van der Waals surface area (Å²) in [5.41, 5.74) is 2.04. The van der Waals surface area contributed by atoms with Crippen LogP contribution in [0.4, 0.5) is 0 Å². The summed E-state index contributed by atoms with van der Waals surface area (Å²) in [5.74, 6) is 0.0489. The average Bonchev–Trinajstić information content (AvgIpc) is 2.69. The van der Waals surface area contributed by atoms with Gasteiger partial charge in [-0.05, 0) is 30.7 Å². The molecule has 0 N–H and O–H groups in total. The van der Waals surface area contributed by atoms with Gasteiger partial charge in [-0.1, -0.05) is 42.0 Å². The smallest absolute Gasteiger partial charge is 0.343 e. The molecule has 2 aromatic carbocycles. The molecule has 0 bridgehead atoms. The summed E-state index contributed by atoms with van der Waals surface area (Å²) >= 11 is 12.0. The number of halogens is 1. The van der Waals surface area contributed by atoms with E-state index in [0.717, 1.165) is 24.2 Å². The molecule has 1 heterocycles. The number of carbonyl (C=O) groups is 1. The van der Waals surface area contributed by atoms with Crippen LogP contribution in [0.3, 0.4) is 0 Å². The zero-order chi connectivity index (χ0) is 19.4. The summed E-state index contributed by atoms with van der Waals surface area (Å²) in [5, 5.41) is 0.266. The van der Waals surface area contributed by atoms with E-state index >= 15 is 0 Å². The molecule has 0 aromatic heterocycles. The van der Waals surface area contributed by atoms with Crippen LogP contribution in [-0.2, 0) is 4.74 Å². The number of ether oxygens (including phenoxy) is 3. The molecule has 1 fully saturated rings. The van der Waals surface area contributed by atoms with Crippen molar-refractivity contribution in [2.75, 3.05) is 33.4 Å². The number of aryl methyl sites for hydroxylation is 1. The van der Waals surface area contributed by atoms with Gasteiger partial charge in [0.2, 0.25) is 0 Å². The Hall–Kier alpha value is -2.15. The van der Waals surface area contributed by atoms with E-state index < -0.39 is 5.97 Å². The third-order valence-corrected chi connectivity index (χ3v) is 5.11. The van der Waals surface area contributed by atoms with Crippen molar-refractivity contribution >= 4 is 34.8 Å². The molecule has 27 heavy (non-hydrogen) atoms. The fourth-order valence-corrected chi connectivity index (χ4v) is 3.39. The maximum absolute atomic E-state index is 12.5. The quantitative estimate of drug-likeness (QED) is 0.437. The van der Waals surface area contributed by atoms with E-state index in [4.69, 9.17) is 38.0 Å². The first-order valence-electron chi connectivity index (χ1n) is 8.53. The Morgan fingerprint density at radius 2 is 1.93 bits per heavy atom. The van der Waals surface area contributed by atoms with Crippen LogP contribution in [0.15, 0.2) is 36.4 Å². The second-order valence-electron chi connectivity index (χ2n) is 6.10. The fraction of sp³-hybridized carbons (Fsp3) is 0.300. The Bertz CT molecular complexity index is 865. The Kier molecular flexibility index (Phi) is 6.31. The van der Waals surface area contributed by atoms with E-state index in [9.17, 15) is 4.79 Å². The number of esters is 1. The summed E-state index contributed by atoms with van der Waals surface area (Å²) in [6.07, 6.45) is 0.